The van der Waals surface area contributed by atoms with Crippen molar-refractivity contribution in [2.75, 3.05) is 13.2 Å². The Balaban J connectivity index is 1.82. The van der Waals surface area contributed by atoms with Gasteiger partial charge in [-0.05, 0) is 0 Å². The fraction of sp³-hybridized carbons (Fsp3) is 0.583. The molecule has 0 amide bonds. The SMILES string of the molecule is NC1c2ncn([C@@H]3O[C@H](CO)C(O)C3O)c2N=CN1NCC(=O)O. The van der Waals surface area contributed by atoms with Gasteiger partial charge in [0.2, 0.25) is 0 Å². The number of imidazole rings is 1. The molecular formula is C12H18N6O6. The van der Waals surface area contributed by atoms with Crippen molar-refractivity contribution in [3.63, 3.8) is 0 Å². The summed E-state index contributed by atoms with van der Waals surface area (Å²) in [5.74, 6) is -0.746. The van der Waals surface area contributed by atoms with Crippen molar-refractivity contribution in [1.82, 2.24) is 20.0 Å². The summed E-state index contributed by atoms with van der Waals surface area (Å²) in [6.45, 7) is -0.786. The van der Waals surface area contributed by atoms with E-state index in [1.165, 1.54) is 22.2 Å². The van der Waals surface area contributed by atoms with E-state index < -0.39 is 43.3 Å². The van der Waals surface area contributed by atoms with Gasteiger partial charge in [-0.25, -0.2) is 15.4 Å². The molecule has 3 unspecified atom stereocenters. The largest absolute Gasteiger partial charge is 0.480 e. The highest BCUT2D eigenvalue weighted by molar-refractivity contribution is 5.70. The van der Waals surface area contributed by atoms with E-state index in [2.05, 4.69) is 15.4 Å². The third kappa shape index (κ3) is 2.75. The smallest absolute Gasteiger partial charge is 0.319 e. The average molecular weight is 342 g/mol. The summed E-state index contributed by atoms with van der Waals surface area (Å²) >= 11 is 0. The van der Waals surface area contributed by atoms with Crippen LogP contribution < -0.4 is 11.2 Å². The maximum absolute atomic E-state index is 10.6. The number of carboxylic acid groups (broad SMARTS) is 1. The van der Waals surface area contributed by atoms with Crippen LogP contribution in [0.3, 0.4) is 0 Å². The lowest BCUT2D eigenvalue weighted by molar-refractivity contribution is -0.136. The van der Waals surface area contributed by atoms with Gasteiger partial charge in [0.25, 0.3) is 0 Å². The lowest BCUT2D eigenvalue weighted by Crippen LogP contribution is -2.47. The Kier molecular flexibility index (Phi) is 4.49. The van der Waals surface area contributed by atoms with Crippen molar-refractivity contribution in [2.45, 2.75) is 30.7 Å². The second-order valence-corrected chi connectivity index (χ2v) is 5.41. The number of aliphatic imine (C=N–C) groups is 1. The molecule has 5 atom stereocenters. The highest BCUT2D eigenvalue weighted by Gasteiger charge is 2.44. The van der Waals surface area contributed by atoms with E-state index in [9.17, 15) is 15.0 Å². The molecule has 1 saturated heterocycles. The van der Waals surface area contributed by atoms with E-state index in [1.54, 1.807) is 0 Å². The first-order chi connectivity index (χ1) is 11.4. The molecule has 2 aliphatic heterocycles. The summed E-state index contributed by atoms with van der Waals surface area (Å²) in [6.07, 6.45) is -2.55. The van der Waals surface area contributed by atoms with E-state index >= 15 is 0 Å². The minimum absolute atomic E-state index is 0.311. The van der Waals surface area contributed by atoms with Crippen molar-refractivity contribution in [2.24, 2.45) is 10.7 Å². The van der Waals surface area contributed by atoms with E-state index in [4.69, 9.17) is 20.7 Å². The van der Waals surface area contributed by atoms with Crippen LogP contribution in [0.2, 0.25) is 0 Å². The minimum Gasteiger partial charge on any atom is -0.480 e. The first-order valence-electron chi connectivity index (χ1n) is 7.16. The Morgan fingerprint density at radius 1 is 1.42 bits per heavy atom. The molecular weight excluding hydrogens is 324 g/mol. The van der Waals surface area contributed by atoms with Gasteiger partial charge in [0.05, 0.1) is 12.9 Å². The van der Waals surface area contributed by atoms with E-state index in [0.29, 0.717) is 11.5 Å². The van der Waals surface area contributed by atoms with Crippen LogP contribution in [-0.4, -0.2) is 78.8 Å². The van der Waals surface area contributed by atoms with Gasteiger partial charge in [-0.15, -0.1) is 0 Å². The number of nitrogens with two attached hydrogens (primary N) is 1. The number of hydrogen-bond donors (Lipinski definition) is 6. The van der Waals surface area contributed by atoms with E-state index in [1.807, 2.05) is 0 Å². The van der Waals surface area contributed by atoms with Crippen LogP contribution >= 0.6 is 0 Å². The first kappa shape index (κ1) is 16.8. The number of aromatic nitrogens is 2. The van der Waals surface area contributed by atoms with Gasteiger partial charge in [0, 0.05) is 0 Å². The van der Waals surface area contributed by atoms with Gasteiger partial charge < -0.3 is 30.9 Å². The lowest BCUT2D eigenvalue weighted by atomic mass is 10.1. The highest BCUT2D eigenvalue weighted by atomic mass is 16.6. The number of aliphatic hydroxyl groups is 3. The third-order valence-corrected chi connectivity index (χ3v) is 3.88. The predicted molar refractivity (Wildman–Crippen MR) is 77.8 cm³/mol. The molecule has 2 aliphatic rings. The van der Waals surface area contributed by atoms with Gasteiger partial charge in [-0.1, -0.05) is 0 Å². The molecule has 0 radical (unpaired) electrons. The molecule has 7 N–H and O–H groups in total. The quantitative estimate of drug-likeness (QED) is 0.323. The molecule has 0 aliphatic carbocycles. The fourth-order valence-electron chi connectivity index (χ4n) is 2.63. The normalized spacial score (nSPS) is 32.2. The Morgan fingerprint density at radius 2 is 2.17 bits per heavy atom. The van der Waals surface area contributed by atoms with Crippen LogP contribution in [0.5, 0.6) is 0 Å². The number of hydrazine groups is 1. The predicted octanol–water partition coefficient (Wildman–Crippen LogP) is -2.98. The second-order valence-electron chi connectivity index (χ2n) is 5.41. The maximum atomic E-state index is 10.6. The van der Waals surface area contributed by atoms with Crippen molar-refractivity contribution in [1.29, 1.82) is 0 Å². The van der Waals surface area contributed by atoms with Crippen molar-refractivity contribution in [3.05, 3.63) is 12.0 Å². The molecule has 0 saturated carbocycles. The Morgan fingerprint density at radius 3 is 2.79 bits per heavy atom. The Labute approximate surface area is 135 Å². The van der Waals surface area contributed by atoms with Crippen molar-refractivity contribution >= 4 is 18.1 Å². The summed E-state index contributed by atoms with van der Waals surface area (Å²) in [5.41, 5.74) is 8.93. The summed E-state index contributed by atoms with van der Waals surface area (Å²) in [7, 11) is 0. The van der Waals surface area contributed by atoms with Gasteiger partial charge >= 0.3 is 5.97 Å². The topological polar surface area (TPSA) is 179 Å². The first-order valence-corrected chi connectivity index (χ1v) is 7.16. The van der Waals surface area contributed by atoms with E-state index in [0.717, 1.165) is 0 Å². The fourth-order valence-corrected chi connectivity index (χ4v) is 2.63. The molecule has 24 heavy (non-hydrogen) atoms. The number of aliphatic hydroxyl groups excluding tert-OH is 3. The molecule has 132 valence electrons. The number of carboxylic acids is 1. The van der Waals surface area contributed by atoms with Crippen LogP contribution in [0, 0.1) is 0 Å². The van der Waals surface area contributed by atoms with Crippen LogP contribution in [0.1, 0.15) is 18.1 Å². The zero-order valence-corrected chi connectivity index (χ0v) is 12.4. The standard InChI is InChI=1S/C12H18N6O6/c13-10-7-11(15-4-18(10)16-1-6(20)21)17(3-14-7)12-9(23)8(22)5(2-19)24-12/h3-5,8-10,12,16,19,22-23H,1-2,13H2,(H,20,21)/t5-,8?,9?,10?,12-/m1/s1. The molecule has 3 heterocycles. The molecule has 0 spiro atoms. The number of nitrogens with one attached hydrogen (secondary N) is 1. The number of ether oxygens (including phenoxy) is 1. The monoisotopic (exact) mass is 342 g/mol. The summed E-state index contributed by atoms with van der Waals surface area (Å²) < 4.78 is 6.84. The number of fused-ring (bicyclic) bond motifs is 1. The minimum atomic E-state index is -1.27. The summed E-state index contributed by atoms with van der Waals surface area (Å²) in [6, 6.07) is 0. The Hall–Kier alpha value is -2.09. The third-order valence-electron chi connectivity index (χ3n) is 3.88. The molecule has 3 rings (SSSR count). The molecule has 12 nitrogen and oxygen atoms in total. The van der Waals surface area contributed by atoms with Crippen LogP contribution in [0.25, 0.3) is 0 Å². The van der Waals surface area contributed by atoms with Gasteiger partial charge in [0.15, 0.2) is 12.0 Å². The zero-order chi connectivity index (χ0) is 17.4. The van der Waals surface area contributed by atoms with Crippen molar-refractivity contribution < 1.29 is 30.0 Å². The summed E-state index contributed by atoms with van der Waals surface area (Å²) in [4.78, 5) is 18.9. The van der Waals surface area contributed by atoms with E-state index in [-0.39, 0.29) is 6.54 Å². The average Bonchev–Trinajstić information content (AvgIpc) is 3.09. The second kappa shape index (κ2) is 6.43. The van der Waals surface area contributed by atoms with Gasteiger partial charge in [-0.2, -0.15) is 0 Å². The van der Waals surface area contributed by atoms with Crippen LogP contribution in [0.15, 0.2) is 11.3 Å². The Bertz CT molecular complexity index is 650. The zero-order valence-electron chi connectivity index (χ0n) is 12.4. The number of nitrogens with zero attached hydrogens (tertiary/aromatic N) is 4. The van der Waals surface area contributed by atoms with Gasteiger partial charge in [0.1, 0.15) is 43.1 Å². The van der Waals surface area contributed by atoms with Crippen LogP contribution in [0.4, 0.5) is 5.82 Å². The number of rotatable bonds is 5. The number of carbonyl (C=O) groups is 1. The molecule has 1 aromatic heterocycles. The number of hydrogen-bond acceptors (Lipinski definition) is 10. The lowest BCUT2D eigenvalue weighted by Gasteiger charge is -2.29. The maximum Gasteiger partial charge on any atom is 0.319 e. The molecule has 12 heteroatoms. The molecule has 1 fully saturated rings. The molecule has 1 aromatic rings. The number of aliphatic carboxylic acids is 1. The van der Waals surface area contributed by atoms with Crippen molar-refractivity contribution in [3.8, 4) is 0 Å². The van der Waals surface area contributed by atoms with Crippen LogP contribution in [-0.2, 0) is 9.53 Å². The van der Waals surface area contributed by atoms with Gasteiger partial charge in [-0.3, -0.25) is 14.4 Å². The summed E-state index contributed by atoms with van der Waals surface area (Å²) in [5, 5.41) is 39.1. The molecule has 0 aromatic carbocycles. The molecule has 0 bridgehead atoms. The highest BCUT2D eigenvalue weighted by Crippen LogP contribution is 2.36.